The average molecular weight is 319 g/mol. The Morgan fingerprint density at radius 1 is 1.35 bits per heavy atom. The highest BCUT2D eigenvalue weighted by molar-refractivity contribution is 6.36. The van der Waals surface area contributed by atoms with Gasteiger partial charge in [-0.2, -0.15) is 0 Å². The number of carbonyl (C=O) groups excluding carboxylic acids is 1. The minimum Gasteiger partial charge on any atom is -0.395 e. The van der Waals surface area contributed by atoms with Crippen molar-refractivity contribution in [2.45, 2.75) is 19.8 Å². The van der Waals surface area contributed by atoms with Crippen LogP contribution < -0.4 is 5.32 Å². The van der Waals surface area contributed by atoms with E-state index in [0.717, 1.165) is 19.4 Å². The Kier molecular flexibility index (Phi) is 7.92. The highest BCUT2D eigenvalue weighted by Crippen LogP contribution is 2.25. The van der Waals surface area contributed by atoms with Gasteiger partial charge in [-0.15, -0.1) is 0 Å². The largest absolute Gasteiger partial charge is 0.395 e. The van der Waals surface area contributed by atoms with Crippen LogP contribution in [-0.4, -0.2) is 42.2 Å². The van der Waals surface area contributed by atoms with E-state index in [9.17, 15) is 4.79 Å². The zero-order valence-electron chi connectivity index (χ0n) is 11.5. The predicted molar refractivity (Wildman–Crippen MR) is 83.5 cm³/mol. The van der Waals surface area contributed by atoms with E-state index in [1.807, 2.05) is 4.90 Å². The fourth-order valence-corrected chi connectivity index (χ4v) is 2.23. The van der Waals surface area contributed by atoms with Crippen LogP contribution in [0.5, 0.6) is 0 Å². The lowest BCUT2D eigenvalue weighted by Gasteiger charge is -2.20. The molecule has 20 heavy (non-hydrogen) atoms. The Labute approximate surface area is 129 Å². The van der Waals surface area contributed by atoms with E-state index in [4.69, 9.17) is 28.3 Å². The van der Waals surface area contributed by atoms with Crippen LogP contribution in [0.25, 0.3) is 0 Å². The van der Waals surface area contributed by atoms with Gasteiger partial charge in [-0.1, -0.05) is 36.5 Å². The number of unbranched alkanes of at least 4 members (excludes halogenated alkanes) is 1. The SMILES string of the molecule is CCCCN(CCO)CC(=O)Nc1ccc(Cl)cc1Cl. The van der Waals surface area contributed by atoms with Crippen molar-refractivity contribution in [2.75, 3.05) is 31.6 Å². The summed E-state index contributed by atoms with van der Waals surface area (Å²) in [5, 5.41) is 12.7. The summed E-state index contributed by atoms with van der Waals surface area (Å²) in [6.07, 6.45) is 2.04. The van der Waals surface area contributed by atoms with E-state index in [0.29, 0.717) is 22.3 Å². The number of aliphatic hydroxyl groups excluding tert-OH is 1. The Hall–Kier alpha value is -0.810. The summed E-state index contributed by atoms with van der Waals surface area (Å²) in [6, 6.07) is 4.93. The second-order valence-electron chi connectivity index (χ2n) is 4.53. The van der Waals surface area contributed by atoms with Crippen LogP contribution >= 0.6 is 23.2 Å². The van der Waals surface area contributed by atoms with Gasteiger partial charge in [0.1, 0.15) is 0 Å². The lowest BCUT2D eigenvalue weighted by Crippen LogP contribution is -2.36. The molecule has 0 aliphatic heterocycles. The molecule has 0 aliphatic rings. The molecule has 2 N–H and O–H groups in total. The molecule has 0 spiro atoms. The zero-order valence-corrected chi connectivity index (χ0v) is 13.0. The molecule has 0 atom stereocenters. The van der Waals surface area contributed by atoms with E-state index in [-0.39, 0.29) is 19.1 Å². The Bertz CT molecular complexity index is 441. The third-order valence-electron chi connectivity index (χ3n) is 2.82. The smallest absolute Gasteiger partial charge is 0.238 e. The van der Waals surface area contributed by atoms with E-state index in [1.54, 1.807) is 18.2 Å². The normalized spacial score (nSPS) is 10.8. The summed E-state index contributed by atoms with van der Waals surface area (Å²) in [7, 11) is 0. The second kappa shape index (κ2) is 9.19. The minimum absolute atomic E-state index is 0.0404. The van der Waals surface area contributed by atoms with Gasteiger partial charge in [0, 0.05) is 11.6 Å². The third-order valence-corrected chi connectivity index (χ3v) is 3.36. The molecule has 0 fully saturated rings. The van der Waals surface area contributed by atoms with E-state index in [1.165, 1.54) is 0 Å². The summed E-state index contributed by atoms with van der Waals surface area (Å²) in [4.78, 5) is 13.9. The van der Waals surface area contributed by atoms with Crippen molar-refractivity contribution >= 4 is 34.8 Å². The molecule has 6 heteroatoms. The van der Waals surface area contributed by atoms with Gasteiger partial charge in [-0.05, 0) is 31.2 Å². The van der Waals surface area contributed by atoms with Gasteiger partial charge in [0.05, 0.1) is 23.9 Å². The van der Waals surface area contributed by atoms with E-state index >= 15 is 0 Å². The summed E-state index contributed by atoms with van der Waals surface area (Å²) in [6.45, 7) is 3.64. The van der Waals surface area contributed by atoms with Crippen LogP contribution in [0, 0.1) is 0 Å². The first-order valence-corrected chi connectivity index (χ1v) is 7.40. The first kappa shape index (κ1) is 17.2. The molecule has 0 heterocycles. The van der Waals surface area contributed by atoms with Crippen molar-refractivity contribution in [1.82, 2.24) is 4.90 Å². The first-order chi connectivity index (χ1) is 9.56. The molecule has 0 aromatic heterocycles. The van der Waals surface area contributed by atoms with Crippen molar-refractivity contribution in [3.8, 4) is 0 Å². The third kappa shape index (κ3) is 6.09. The quantitative estimate of drug-likeness (QED) is 0.774. The molecule has 4 nitrogen and oxygen atoms in total. The van der Waals surface area contributed by atoms with Gasteiger partial charge in [0.25, 0.3) is 0 Å². The number of halogens is 2. The maximum absolute atomic E-state index is 12.0. The predicted octanol–water partition coefficient (Wildman–Crippen LogP) is 3.03. The van der Waals surface area contributed by atoms with Gasteiger partial charge in [0.15, 0.2) is 0 Å². The maximum atomic E-state index is 12.0. The molecule has 0 aliphatic carbocycles. The Balaban J connectivity index is 2.55. The number of amides is 1. The van der Waals surface area contributed by atoms with Gasteiger partial charge in [0.2, 0.25) is 5.91 Å². The minimum atomic E-state index is -0.154. The molecule has 0 saturated carbocycles. The molecular weight excluding hydrogens is 299 g/mol. The van der Waals surface area contributed by atoms with Gasteiger partial charge >= 0.3 is 0 Å². The lowest BCUT2D eigenvalue weighted by atomic mass is 10.3. The van der Waals surface area contributed by atoms with Gasteiger partial charge in [-0.3, -0.25) is 9.69 Å². The number of hydrogen-bond acceptors (Lipinski definition) is 3. The average Bonchev–Trinajstić information content (AvgIpc) is 2.39. The van der Waals surface area contributed by atoms with Crippen LogP contribution in [-0.2, 0) is 4.79 Å². The van der Waals surface area contributed by atoms with Crippen molar-refractivity contribution in [2.24, 2.45) is 0 Å². The second-order valence-corrected chi connectivity index (χ2v) is 5.37. The molecule has 112 valence electrons. The molecule has 1 aromatic rings. The highest BCUT2D eigenvalue weighted by Gasteiger charge is 2.11. The summed E-state index contributed by atoms with van der Waals surface area (Å²) >= 11 is 11.8. The van der Waals surface area contributed by atoms with Crippen LogP contribution in [0.15, 0.2) is 18.2 Å². The Morgan fingerprint density at radius 3 is 2.70 bits per heavy atom. The number of carbonyl (C=O) groups is 1. The van der Waals surface area contributed by atoms with Crippen molar-refractivity contribution in [3.63, 3.8) is 0 Å². The number of benzene rings is 1. The summed E-state index contributed by atoms with van der Waals surface area (Å²) in [5.41, 5.74) is 0.542. The molecule has 0 radical (unpaired) electrons. The first-order valence-electron chi connectivity index (χ1n) is 6.65. The molecule has 0 bridgehead atoms. The zero-order chi connectivity index (χ0) is 15.0. The molecular formula is C14H20Cl2N2O2. The topological polar surface area (TPSA) is 52.6 Å². The monoisotopic (exact) mass is 318 g/mol. The number of rotatable bonds is 8. The number of aliphatic hydroxyl groups is 1. The van der Waals surface area contributed by atoms with Crippen LogP contribution in [0.2, 0.25) is 10.0 Å². The van der Waals surface area contributed by atoms with Crippen molar-refractivity contribution in [3.05, 3.63) is 28.2 Å². The fourth-order valence-electron chi connectivity index (χ4n) is 1.78. The van der Waals surface area contributed by atoms with Crippen molar-refractivity contribution in [1.29, 1.82) is 0 Å². The standard InChI is InChI=1S/C14H20Cl2N2O2/c1-2-3-6-18(7-8-19)10-14(20)17-13-5-4-11(15)9-12(13)16/h4-5,9,19H,2-3,6-8,10H2,1H3,(H,17,20). The maximum Gasteiger partial charge on any atom is 0.238 e. The number of nitrogens with one attached hydrogen (secondary N) is 1. The molecule has 0 unspecified atom stereocenters. The van der Waals surface area contributed by atoms with Crippen LogP contribution in [0.3, 0.4) is 0 Å². The molecule has 1 aromatic carbocycles. The molecule has 0 saturated heterocycles. The van der Waals surface area contributed by atoms with E-state index < -0.39 is 0 Å². The van der Waals surface area contributed by atoms with Crippen molar-refractivity contribution < 1.29 is 9.90 Å². The molecule has 1 amide bonds. The lowest BCUT2D eigenvalue weighted by molar-refractivity contribution is -0.117. The summed E-state index contributed by atoms with van der Waals surface area (Å²) in [5.74, 6) is -0.154. The summed E-state index contributed by atoms with van der Waals surface area (Å²) < 4.78 is 0. The number of nitrogens with zero attached hydrogens (tertiary/aromatic N) is 1. The van der Waals surface area contributed by atoms with Crippen LogP contribution in [0.4, 0.5) is 5.69 Å². The Morgan fingerprint density at radius 2 is 2.10 bits per heavy atom. The number of hydrogen-bond donors (Lipinski definition) is 2. The van der Waals surface area contributed by atoms with Crippen LogP contribution in [0.1, 0.15) is 19.8 Å². The van der Waals surface area contributed by atoms with E-state index in [2.05, 4.69) is 12.2 Å². The highest BCUT2D eigenvalue weighted by atomic mass is 35.5. The molecule has 1 rings (SSSR count). The fraction of sp³-hybridized carbons (Fsp3) is 0.500. The van der Waals surface area contributed by atoms with Gasteiger partial charge in [-0.25, -0.2) is 0 Å². The van der Waals surface area contributed by atoms with Gasteiger partial charge < -0.3 is 10.4 Å². The number of anilines is 1.